The Hall–Kier alpha value is -2.94. The van der Waals surface area contributed by atoms with Crippen molar-refractivity contribution in [2.75, 3.05) is 0 Å². The molecule has 5 nitrogen and oxygen atoms in total. The van der Waals surface area contributed by atoms with Gasteiger partial charge in [0.1, 0.15) is 5.56 Å². The van der Waals surface area contributed by atoms with Crippen LogP contribution in [0.2, 0.25) is 0 Å². The van der Waals surface area contributed by atoms with E-state index >= 15 is 0 Å². The van der Waals surface area contributed by atoms with Gasteiger partial charge in [0.15, 0.2) is 11.5 Å². The van der Waals surface area contributed by atoms with Gasteiger partial charge in [0.05, 0.1) is 11.4 Å². The average Bonchev–Trinajstić information content (AvgIpc) is 2.85. The summed E-state index contributed by atoms with van der Waals surface area (Å²) in [5.41, 5.74) is -0.872. The first-order chi connectivity index (χ1) is 12.7. The van der Waals surface area contributed by atoms with Crippen LogP contribution < -0.4 is 0 Å². The minimum absolute atomic E-state index is 0.0392. The van der Waals surface area contributed by atoms with Crippen LogP contribution in [0.5, 0.6) is 11.5 Å². The topological polar surface area (TPSA) is 77.8 Å². The van der Waals surface area contributed by atoms with Crippen LogP contribution in [0.3, 0.4) is 0 Å². The molecule has 0 spiro atoms. The molecule has 1 saturated heterocycles. The number of halogens is 3. The Morgan fingerprint density at radius 3 is 2.37 bits per heavy atom. The van der Waals surface area contributed by atoms with Crippen molar-refractivity contribution in [2.24, 2.45) is 0 Å². The lowest BCUT2D eigenvalue weighted by atomic mass is 10.1. The first-order valence-electron chi connectivity index (χ1n) is 7.59. The Labute approximate surface area is 155 Å². The Morgan fingerprint density at radius 2 is 1.74 bits per heavy atom. The highest BCUT2D eigenvalue weighted by atomic mass is 32.2. The fourth-order valence-electron chi connectivity index (χ4n) is 2.49. The van der Waals surface area contributed by atoms with Crippen molar-refractivity contribution in [3.63, 3.8) is 0 Å². The van der Waals surface area contributed by atoms with Crippen LogP contribution in [-0.4, -0.2) is 26.3 Å². The third-order valence-electron chi connectivity index (χ3n) is 3.77. The second-order valence-corrected chi connectivity index (χ2v) is 6.68. The van der Waals surface area contributed by atoms with E-state index in [1.54, 1.807) is 30.3 Å². The lowest BCUT2D eigenvalue weighted by Gasteiger charge is -2.12. The molecule has 2 N–H and O–H groups in total. The predicted molar refractivity (Wildman–Crippen MR) is 92.7 cm³/mol. The van der Waals surface area contributed by atoms with Crippen LogP contribution in [0.15, 0.2) is 47.4 Å². The first kappa shape index (κ1) is 18.8. The van der Waals surface area contributed by atoms with E-state index in [9.17, 15) is 33.0 Å². The van der Waals surface area contributed by atoms with E-state index in [1.807, 2.05) is 0 Å². The number of alkyl halides is 3. The highest BCUT2D eigenvalue weighted by molar-refractivity contribution is 8.18. The number of amides is 2. The Kier molecular flexibility index (Phi) is 4.88. The standard InChI is InChI=1S/C18H12F3NO4S/c19-18(20,21)12-6-11(7-13(23)15(12)24)8-14-16(25)22(17(26)27-14)9-10-4-2-1-3-5-10/h1-8,23-24H,9H2/b14-8-. The molecule has 3 rings (SSSR count). The number of thioether (sulfide) groups is 1. The molecule has 0 bridgehead atoms. The summed E-state index contributed by atoms with van der Waals surface area (Å²) < 4.78 is 38.8. The molecule has 9 heteroatoms. The molecule has 2 aromatic rings. The third kappa shape index (κ3) is 3.92. The van der Waals surface area contributed by atoms with E-state index in [0.29, 0.717) is 17.8 Å². The summed E-state index contributed by atoms with van der Waals surface area (Å²) in [4.78, 5) is 25.4. The lowest BCUT2D eigenvalue weighted by Crippen LogP contribution is -2.27. The van der Waals surface area contributed by atoms with Crippen LogP contribution >= 0.6 is 11.8 Å². The Bertz CT molecular complexity index is 942. The molecular weight excluding hydrogens is 383 g/mol. The van der Waals surface area contributed by atoms with Crippen LogP contribution in [0, 0.1) is 0 Å². The lowest BCUT2D eigenvalue weighted by molar-refractivity contribution is -0.139. The second kappa shape index (κ2) is 6.99. The molecule has 1 fully saturated rings. The number of rotatable bonds is 3. The minimum Gasteiger partial charge on any atom is -0.504 e. The van der Waals surface area contributed by atoms with E-state index in [1.165, 1.54) is 0 Å². The number of benzene rings is 2. The molecule has 1 heterocycles. The monoisotopic (exact) mass is 395 g/mol. The SMILES string of the molecule is O=C1S/C(=C\c2cc(O)c(O)c(C(F)(F)F)c2)C(=O)N1Cc1ccccc1. The van der Waals surface area contributed by atoms with Gasteiger partial charge in [-0.3, -0.25) is 14.5 Å². The normalized spacial score (nSPS) is 16.4. The molecule has 2 amide bonds. The van der Waals surface area contributed by atoms with Gasteiger partial charge in [-0.1, -0.05) is 30.3 Å². The summed E-state index contributed by atoms with van der Waals surface area (Å²) in [5.74, 6) is -2.91. The number of carbonyl (C=O) groups excluding carboxylic acids is 2. The zero-order valence-electron chi connectivity index (χ0n) is 13.5. The van der Waals surface area contributed by atoms with Gasteiger partial charge in [0.25, 0.3) is 11.1 Å². The van der Waals surface area contributed by atoms with E-state index < -0.39 is 34.4 Å². The number of hydrogen-bond acceptors (Lipinski definition) is 5. The van der Waals surface area contributed by atoms with Crippen molar-refractivity contribution in [1.82, 2.24) is 4.90 Å². The van der Waals surface area contributed by atoms with E-state index in [-0.39, 0.29) is 17.0 Å². The molecule has 2 aromatic carbocycles. The molecule has 1 aliphatic heterocycles. The first-order valence-corrected chi connectivity index (χ1v) is 8.41. The zero-order chi connectivity index (χ0) is 19.8. The Morgan fingerprint density at radius 1 is 1.07 bits per heavy atom. The summed E-state index contributed by atoms with van der Waals surface area (Å²) >= 11 is 0.592. The van der Waals surface area contributed by atoms with Crippen molar-refractivity contribution in [3.05, 3.63) is 64.1 Å². The van der Waals surface area contributed by atoms with Crippen LogP contribution in [0.1, 0.15) is 16.7 Å². The van der Waals surface area contributed by atoms with Gasteiger partial charge in [-0.25, -0.2) is 0 Å². The minimum atomic E-state index is -4.89. The molecule has 0 unspecified atom stereocenters. The largest absolute Gasteiger partial charge is 0.504 e. The van der Waals surface area contributed by atoms with E-state index in [4.69, 9.17) is 0 Å². The highest BCUT2D eigenvalue weighted by Crippen LogP contribution is 2.42. The fourth-order valence-corrected chi connectivity index (χ4v) is 3.33. The third-order valence-corrected chi connectivity index (χ3v) is 4.68. The number of aromatic hydroxyl groups is 2. The summed E-state index contributed by atoms with van der Waals surface area (Å²) in [6.07, 6.45) is -3.82. The van der Waals surface area contributed by atoms with Crippen molar-refractivity contribution in [2.45, 2.75) is 12.7 Å². The predicted octanol–water partition coefficient (Wildman–Crippen LogP) is 4.35. The molecular formula is C18H12F3NO4S. The van der Waals surface area contributed by atoms with E-state index in [0.717, 1.165) is 22.6 Å². The number of phenols is 2. The van der Waals surface area contributed by atoms with Crippen LogP contribution in [0.4, 0.5) is 18.0 Å². The smallest absolute Gasteiger partial charge is 0.420 e. The molecule has 0 radical (unpaired) electrons. The fraction of sp³-hybridized carbons (Fsp3) is 0.111. The molecule has 1 aliphatic rings. The van der Waals surface area contributed by atoms with Gasteiger partial charge < -0.3 is 10.2 Å². The summed E-state index contributed by atoms with van der Waals surface area (Å²) in [7, 11) is 0. The van der Waals surface area contributed by atoms with Gasteiger partial charge in [0.2, 0.25) is 0 Å². The van der Waals surface area contributed by atoms with Gasteiger partial charge >= 0.3 is 6.18 Å². The highest BCUT2D eigenvalue weighted by Gasteiger charge is 2.37. The molecule has 0 atom stereocenters. The van der Waals surface area contributed by atoms with Gasteiger partial charge in [-0.2, -0.15) is 13.2 Å². The molecule has 140 valence electrons. The van der Waals surface area contributed by atoms with Crippen molar-refractivity contribution in [1.29, 1.82) is 0 Å². The molecule has 0 aliphatic carbocycles. The molecule has 0 aromatic heterocycles. The van der Waals surface area contributed by atoms with Crippen LogP contribution in [0.25, 0.3) is 6.08 Å². The van der Waals surface area contributed by atoms with Crippen molar-refractivity contribution < 1.29 is 33.0 Å². The maximum absolute atomic E-state index is 12.9. The Balaban J connectivity index is 1.91. The van der Waals surface area contributed by atoms with Crippen LogP contribution in [-0.2, 0) is 17.5 Å². The summed E-state index contributed by atoms with van der Waals surface area (Å²) in [6, 6.07) is 10.2. The van der Waals surface area contributed by atoms with Gasteiger partial charge in [-0.05, 0) is 41.1 Å². The number of phenolic OH excluding ortho intramolecular Hbond substituents is 2. The van der Waals surface area contributed by atoms with Crippen molar-refractivity contribution in [3.8, 4) is 11.5 Å². The zero-order valence-corrected chi connectivity index (χ0v) is 14.3. The number of nitrogens with zero attached hydrogens (tertiary/aromatic N) is 1. The summed E-state index contributed by atoms with van der Waals surface area (Å²) in [6.45, 7) is 0.0392. The maximum atomic E-state index is 12.9. The maximum Gasteiger partial charge on any atom is 0.420 e. The van der Waals surface area contributed by atoms with Gasteiger partial charge in [-0.15, -0.1) is 0 Å². The number of hydrogen-bond donors (Lipinski definition) is 2. The number of carbonyl (C=O) groups is 2. The summed E-state index contributed by atoms with van der Waals surface area (Å²) in [5, 5.41) is 18.4. The van der Waals surface area contributed by atoms with Gasteiger partial charge in [0, 0.05) is 0 Å². The van der Waals surface area contributed by atoms with E-state index in [2.05, 4.69) is 0 Å². The second-order valence-electron chi connectivity index (χ2n) is 5.69. The van der Waals surface area contributed by atoms with Crippen molar-refractivity contribution >= 4 is 29.0 Å². The molecule has 27 heavy (non-hydrogen) atoms. The quantitative estimate of drug-likeness (QED) is 0.597. The number of imide groups is 1. The molecule has 0 saturated carbocycles. The average molecular weight is 395 g/mol.